The van der Waals surface area contributed by atoms with E-state index in [-0.39, 0.29) is 0 Å². The number of aliphatic imine (C=N–C) groups is 1. The molecule has 0 bridgehead atoms. The molecule has 2 N–H and O–H groups in total. The van der Waals surface area contributed by atoms with Gasteiger partial charge in [0.25, 0.3) is 0 Å². The lowest BCUT2D eigenvalue weighted by molar-refractivity contribution is 0.0598. The Morgan fingerprint density at radius 1 is 1.50 bits per heavy atom. The van der Waals surface area contributed by atoms with Crippen LogP contribution in [0.25, 0.3) is 0 Å². The molecule has 1 aromatic heterocycles. The number of rotatable bonds is 3. The minimum Gasteiger partial charge on any atom is -0.465 e. The minimum atomic E-state index is -0.414. The van der Waals surface area contributed by atoms with Crippen LogP contribution in [0.5, 0.6) is 0 Å². The number of carbonyl (C=O) groups excluding carboxylic acids is 1. The van der Waals surface area contributed by atoms with Gasteiger partial charge in [-0.1, -0.05) is 0 Å². The fourth-order valence-corrected chi connectivity index (χ4v) is 1.99. The number of methoxy groups -OCH3 is 1. The largest absolute Gasteiger partial charge is 0.465 e. The molecule has 110 valence electrons. The molecule has 0 saturated carbocycles. The van der Waals surface area contributed by atoms with Crippen LogP contribution >= 0.6 is 0 Å². The van der Waals surface area contributed by atoms with E-state index in [1.165, 1.54) is 7.11 Å². The summed E-state index contributed by atoms with van der Waals surface area (Å²) >= 11 is 0. The summed E-state index contributed by atoms with van der Waals surface area (Å²) in [6.07, 6.45) is 0. The molecule has 1 aliphatic rings. The number of hydrogen-bond acceptors (Lipinski definition) is 5. The standard InChI is InChI=1S/C13H19N3O4/c1-9-11(12(17)18-2)7-10(20-9)8-15-13(14)16-3-5-19-6-4-16/h7H,3-6,8H2,1-2H3,(H2,14,15). The van der Waals surface area contributed by atoms with Crippen LogP contribution in [-0.2, 0) is 16.0 Å². The third-order valence-corrected chi connectivity index (χ3v) is 3.11. The van der Waals surface area contributed by atoms with Gasteiger partial charge in [0, 0.05) is 13.1 Å². The molecule has 1 fully saturated rings. The van der Waals surface area contributed by atoms with E-state index in [1.807, 2.05) is 4.90 Å². The minimum absolute atomic E-state index is 0.293. The van der Waals surface area contributed by atoms with E-state index in [4.69, 9.17) is 14.9 Å². The van der Waals surface area contributed by atoms with Crippen molar-refractivity contribution >= 4 is 11.9 Å². The maximum absolute atomic E-state index is 11.5. The molecule has 0 aromatic carbocycles. The van der Waals surface area contributed by atoms with Crippen LogP contribution < -0.4 is 5.73 Å². The lowest BCUT2D eigenvalue weighted by atomic mass is 10.2. The molecule has 0 atom stereocenters. The van der Waals surface area contributed by atoms with Crippen molar-refractivity contribution in [2.45, 2.75) is 13.5 Å². The average molecular weight is 281 g/mol. The first kappa shape index (κ1) is 14.4. The molecule has 0 unspecified atom stereocenters. The van der Waals surface area contributed by atoms with Crippen LogP contribution in [0.4, 0.5) is 0 Å². The molecule has 0 spiro atoms. The summed E-state index contributed by atoms with van der Waals surface area (Å²) in [5, 5.41) is 0. The summed E-state index contributed by atoms with van der Waals surface area (Å²) in [5.41, 5.74) is 6.33. The molecule has 1 aliphatic heterocycles. The smallest absolute Gasteiger partial charge is 0.341 e. The molecule has 1 saturated heterocycles. The Kier molecular flexibility index (Phi) is 4.62. The van der Waals surface area contributed by atoms with Crippen LogP contribution in [0.15, 0.2) is 15.5 Å². The van der Waals surface area contributed by atoms with Gasteiger partial charge in [0.15, 0.2) is 5.96 Å². The third-order valence-electron chi connectivity index (χ3n) is 3.11. The third kappa shape index (κ3) is 3.30. The van der Waals surface area contributed by atoms with Crippen molar-refractivity contribution < 1.29 is 18.7 Å². The molecule has 20 heavy (non-hydrogen) atoms. The predicted molar refractivity (Wildman–Crippen MR) is 72.5 cm³/mol. The van der Waals surface area contributed by atoms with Gasteiger partial charge in [-0.25, -0.2) is 9.79 Å². The first-order valence-electron chi connectivity index (χ1n) is 6.42. The monoisotopic (exact) mass is 281 g/mol. The van der Waals surface area contributed by atoms with E-state index in [1.54, 1.807) is 13.0 Å². The van der Waals surface area contributed by atoms with Gasteiger partial charge in [0.1, 0.15) is 23.6 Å². The van der Waals surface area contributed by atoms with Crippen molar-refractivity contribution in [1.82, 2.24) is 4.90 Å². The Labute approximate surface area is 117 Å². The molecule has 2 heterocycles. The maximum Gasteiger partial charge on any atom is 0.341 e. The molecule has 1 aromatic rings. The maximum atomic E-state index is 11.5. The van der Waals surface area contributed by atoms with E-state index in [2.05, 4.69) is 9.73 Å². The second-order valence-electron chi connectivity index (χ2n) is 4.45. The van der Waals surface area contributed by atoms with E-state index in [0.29, 0.717) is 42.8 Å². The van der Waals surface area contributed by atoms with Crippen molar-refractivity contribution in [2.24, 2.45) is 10.7 Å². The number of aryl methyl sites for hydroxylation is 1. The molecular weight excluding hydrogens is 262 g/mol. The average Bonchev–Trinajstić information content (AvgIpc) is 2.86. The quantitative estimate of drug-likeness (QED) is 0.493. The summed E-state index contributed by atoms with van der Waals surface area (Å²) in [7, 11) is 1.34. The van der Waals surface area contributed by atoms with Crippen molar-refractivity contribution in [1.29, 1.82) is 0 Å². The lowest BCUT2D eigenvalue weighted by Crippen LogP contribution is -2.44. The van der Waals surface area contributed by atoms with E-state index < -0.39 is 5.97 Å². The van der Waals surface area contributed by atoms with E-state index in [0.717, 1.165) is 13.1 Å². The molecule has 7 nitrogen and oxygen atoms in total. The highest BCUT2D eigenvalue weighted by Gasteiger charge is 2.16. The number of furan rings is 1. The number of carbonyl (C=O) groups is 1. The normalized spacial score (nSPS) is 16.3. The lowest BCUT2D eigenvalue weighted by Gasteiger charge is -2.27. The number of nitrogens with two attached hydrogens (primary N) is 1. The zero-order valence-electron chi connectivity index (χ0n) is 11.7. The fraction of sp³-hybridized carbons (Fsp3) is 0.538. The number of nitrogens with zero attached hydrogens (tertiary/aromatic N) is 2. The van der Waals surface area contributed by atoms with Crippen LogP contribution in [0.2, 0.25) is 0 Å². The Morgan fingerprint density at radius 2 is 2.20 bits per heavy atom. The topological polar surface area (TPSA) is 90.3 Å². The Bertz CT molecular complexity index is 504. The van der Waals surface area contributed by atoms with Gasteiger partial charge in [-0.15, -0.1) is 0 Å². The first-order chi connectivity index (χ1) is 9.61. The zero-order chi connectivity index (χ0) is 14.5. The molecule has 0 amide bonds. The molecule has 7 heteroatoms. The summed E-state index contributed by atoms with van der Waals surface area (Å²) < 4.78 is 15.4. The van der Waals surface area contributed by atoms with Crippen LogP contribution in [0, 0.1) is 6.92 Å². The van der Waals surface area contributed by atoms with Crippen LogP contribution in [0.3, 0.4) is 0 Å². The number of esters is 1. The Hall–Kier alpha value is -2.02. The Balaban J connectivity index is 2.01. The van der Waals surface area contributed by atoms with Crippen LogP contribution in [0.1, 0.15) is 21.9 Å². The summed E-state index contributed by atoms with van der Waals surface area (Å²) in [6, 6.07) is 1.64. The van der Waals surface area contributed by atoms with Crippen molar-refractivity contribution in [2.75, 3.05) is 33.4 Å². The molecule has 0 aliphatic carbocycles. The van der Waals surface area contributed by atoms with Crippen molar-refractivity contribution in [3.05, 3.63) is 23.2 Å². The van der Waals surface area contributed by atoms with Gasteiger partial charge >= 0.3 is 5.97 Å². The highest BCUT2D eigenvalue weighted by Crippen LogP contribution is 2.16. The van der Waals surface area contributed by atoms with Gasteiger partial charge in [-0.2, -0.15) is 0 Å². The highest BCUT2D eigenvalue weighted by atomic mass is 16.5. The van der Waals surface area contributed by atoms with Crippen molar-refractivity contribution in [3.8, 4) is 0 Å². The second-order valence-corrected chi connectivity index (χ2v) is 4.45. The summed E-state index contributed by atoms with van der Waals surface area (Å²) in [6.45, 7) is 4.79. The van der Waals surface area contributed by atoms with Crippen molar-refractivity contribution in [3.63, 3.8) is 0 Å². The number of hydrogen-bond donors (Lipinski definition) is 1. The fourth-order valence-electron chi connectivity index (χ4n) is 1.99. The van der Waals surface area contributed by atoms with E-state index >= 15 is 0 Å². The highest BCUT2D eigenvalue weighted by molar-refractivity contribution is 5.90. The number of guanidine groups is 1. The molecule has 2 rings (SSSR count). The predicted octanol–water partition coefficient (Wildman–Crippen LogP) is 0.522. The van der Waals surface area contributed by atoms with Gasteiger partial charge in [-0.3, -0.25) is 0 Å². The number of ether oxygens (including phenoxy) is 2. The van der Waals surface area contributed by atoms with Gasteiger partial charge < -0.3 is 24.5 Å². The Morgan fingerprint density at radius 3 is 2.85 bits per heavy atom. The second kappa shape index (κ2) is 6.42. The summed E-state index contributed by atoms with van der Waals surface area (Å²) in [4.78, 5) is 17.7. The van der Waals surface area contributed by atoms with E-state index in [9.17, 15) is 4.79 Å². The molecule has 0 radical (unpaired) electrons. The SMILES string of the molecule is COC(=O)c1cc(CN=C(N)N2CCOCC2)oc1C. The zero-order valence-corrected chi connectivity index (χ0v) is 11.7. The first-order valence-corrected chi connectivity index (χ1v) is 6.42. The van der Waals surface area contributed by atoms with Gasteiger partial charge in [0.05, 0.1) is 20.3 Å². The molecular formula is C13H19N3O4. The van der Waals surface area contributed by atoms with Gasteiger partial charge in [0.2, 0.25) is 0 Å². The van der Waals surface area contributed by atoms with Crippen LogP contribution in [-0.4, -0.2) is 50.2 Å². The number of morpholine rings is 1. The summed E-state index contributed by atoms with van der Waals surface area (Å²) in [5.74, 6) is 1.15. The van der Waals surface area contributed by atoms with Gasteiger partial charge in [-0.05, 0) is 13.0 Å².